The Balaban J connectivity index is 1.31. The maximum atomic E-state index is 13.3. The molecule has 0 spiro atoms. The number of carbonyl (C=O) groups excluding carboxylic acids is 1. The molecule has 1 aromatic heterocycles. The predicted octanol–water partition coefficient (Wildman–Crippen LogP) is 1.66. The normalized spacial score (nSPS) is 25.7. The van der Waals surface area contributed by atoms with Gasteiger partial charge in [0.05, 0.1) is 5.60 Å². The molecule has 1 aromatic carbocycles. The number of benzene rings is 1. The molecular formula is C24H25ClIN4O4S-. The van der Waals surface area contributed by atoms with Gasteiger partial charge in [-0.2, -0.15) is 0 Å². The minimum atomic E-state index is -0.550. The summed E-state index contributed by atoms with van der Waals surface area (Å²) in [4.78, 5) is 13.3. The van der Waals surface area contributed by atoms with E-state index in [1.54, 1.807) is 31.5 Å². The molecular weight excluding hydrogens is 603 g/mol. The van der Waals surface area contributed by atoms with Crippen LogP contribution in [0.15, 0.2) is 37.1 Å². The third kappa shape index (κ3) is 5.40. The van der Waals surface area contributed by atoms with Crippen molar-refractivity contribution in [3.05, 3.63) is 44.5 Å². The fourth-order valence-electron chi connectivity index (χ4n) is 4.82. The number of aliphatic hydroxyl groups is 1. The summed E-state index contributed by atoms with van der Waals surface area (Å²) < 4.78 is 17.9. The average Bonchev–Trinajstić information content (AvgIpc) is 3.16. The molecule has 0 unspecified atom stereocenters. The van der Waals surface area contributed by atoms with Crippen molar-refractivity contribution in [2.24, 2.45) is 8.62 Å². The Morgan fingerprint density at radius 1 is 1.23 bits per heavy atom. The molecule has 3 saturated carbocycles. The Labute approximate surface area is 223 Å². The number of hydrogen-bond acceptors (Lipinski definition) is 8. The second-order valence-electron chi connectivity index (χ2n) is 9.13. The van der Waals surface area contributed by atoms with Gasteiger partial charge in [0.25, 0.3) is 0 Å². The van der Waals surface area contributed by atoms with Gasteiger partial charge < -0.3 is 5.11 Å². The van der Waals surface area contributed by atoms with Gasteiger partial charge in [-0.15, -0.1) is 0 Å². The third-order valence-corrected chi connectivity index (χ3v) is 9.27. The van der Waals surface area contributed by atoms with Crippen LogP contribution in [-0.2, 0) is 4.79 Å². The molecule has 35 heavy (non-hydrogen) atoms. The van der Waals surface area contributed by atoms with Crippen LogP contribution in [0.2, 0.25) is 5.02 Å². The number of carbonyl (C=O) groups is 1. The number of hydrogen-bond donors (Lipinski definition) is 2. The first-order chi connectivity index (χ1) is 16.9. The van der Waals surface area contributed by atoms with Crippen molar-refractivity contribution in [3.63, 3.8) is 0 Å². The Morgan fingerprint density at radius 2 is 2.00 bits per heavy atom. The van der Waals surface area contributed by atoms with Gasteiger partial charge in [0, 0.05) is 0 Å². The zero-order valence-electron chi connectivity index (χ0n) is 19.1. The zero-order valence-corrected chi connectivity index (χ0v) is 22.8. The molecule has 6 rings (SSSR count). The standard InChI is InChI=1S/C24H25ClIN4O4S/c1-33-19-3-2-15(25)12-17(19)16-4-11-26-27-13-18(16)20(31)28-21-29-30-22(35-21)34-14-23-5-8-24(32,9-6-23)10-7-23/h2-4,11-13,32H,5-10,14H2,1H3,(H,28,29,31)/q-1. The van der Waals surface area contributed by atoms with E-state index in [-0.39, 0.29) is 11.3 Å². The van der Waals surface area contributed by atoms with Gasteiger partial charge in [0.1, 0.15) is 0 Å². The summed E-state index contributed by atoms with van der Waals surface area (Å²) in [6.07, 6.45) is 8.89. The molecule has 11 heteroatoms. The quantitative estimate of drug-likeness (QED) is 0.453. The number of halogens is 2. The van der Waals surface area contributed by atoms with E-state index >= 15 is 0 Å². The molecule has 2 N–H and O–H groups in total. The molecule has 4 aliphatic rings. The summed E-state index contributed by atoms with van der Waals surface area (Å²) >= 11 is 6.88. The number of methoxy groups -OCH3 is 1. The monoisotopic (exact) mass is 627 g/mol. The van der Waals surface area contributed by atoms with Crippen LogP contribution in [0.25, 0.3) is 5.57 Å². The molecule has 0 radical (unpaired) electrons. The van der Waals surface area contributed by atoms with Crippen molar-refractivity contribution >= 4 is 45.8 Å². The number of nitrogens with zero attached hydrogens (tertiary/aromatic N) is 3. The summed E-state index contributed by atoms with van der Waals surface area (Å²) in [7, 11) is 1.58. The van der Waals surface area contributed by atoms with Crippen molar-refractivity contribution in [2.45, 2.75) is 44.1 Å². The molecule has 8 nitrogen and oxygen atoms in total. The molecule has 2 aromatic rings. The second-order valence-corrected chi connectivity index (χ2v) is 12.3. The number of anilines is 1. The van der Waals surface area contributed by atoms with E-state index in [0.29, 0.717) is 44.4 Å². The van der Waals surface area contributed by atoms with Gasteiger partial charge in [-0.1, -0.05) is 0 Å². The number of ether oxygens (including phenoxy) is 2. The molecule has 186 valence electrons. The topological polar surface area (TPSA) is 106 Å². The van der Waals surface area contributed by atoms with Crippen LogP contribution in [0.3, 0.4) is 0 Å². The van der Waals surface area contributed by atoms with Crippen LogP contribution >= 0.6 is 22.9 Å². The summed E-state index contributed by atoms with van der Waals surface area (Å²) in [5.41, 5.74) is 1.42. The second kappa shape index (κ2) is 10.2. The first-order valence-electron chi connectivity index (χ1n) is 11.3. The molecule has 0 saturated heterocycles. The van der Waals surface area contributed by atoms with Gasteiger partial charge in [-0.3, -0.25) is 0 Å². The van der Waals surface area contributed by atoms with Crippen molar-refractivity contribution in [1.82, 2.24) is 10.2 Å². The van der Waals surface area contributed by atoms with E-state index in [9.17, 15) is 9.90 Å². The Hall–Kier alpha value is -2.02. The van der Waals surface area contributed by atoms with E-state index in [1.807, 2.05) is 10.2 Å². The molecule has 0 atom stereocenters. The third-order valence-electron chi connectivity index (χ3n) is 7.00. The number of nitrogens with one attached hydrogen (secondary N) is 1. The van der Waals surface area contributed by atoms with E-state index < -0.39 is 27.1 Å². The summed E-state index contributed by atoms with van der Waals surface area (Å²) in [5, 5.41) is 22.8. The van der Waals surface area contributed by atoms with Crippen LogP contribution in [0.1, 0.15) is 44.1 Å². The molecule has 2 heterocycles. The number of aromatic nitrogens is 2. The first-order valence-corrected chi connectivity index (χ1v) is 14.7. The summed E-state index contributed by atoms with van der Waals surface area (Å²) in [6, 6.07) is 5.30. The van der Waals surface area contributed by atoms with Crippen molar-refractivity contribution < 1.29 is 40.9 Å². The molecule has 3 fully saturated rings. The number of fused-ring (bicyclic) bond motifs is 3. The molecule has 2 bridgehead atoms. The van der Waals surface area contributed by atoms with Crippen LogP contribution < -0.4 is 36.3 Å². The van der Waals surface area contributed by atoms with E-state index in [2.05, 4.69) is 18.7 Å². The first kappa shape index (κ1) is 24.7. The van der Waals surface area contributed by atoms with Crippen LogP contribution in [0.5, 0.6) is 10.9 Å². The molecule has 1 amide bonds. The number of amides is 1. The average molecular weight is 628 g/mol. The Morgan fingerprint density at radius 3 is 2.74 bits per heavy atom. The van der Waals surface area contributed by atoms with Gasteiger partial charge >= 0.3 is 194 Å². The fourth-order valence-corrected chi connectivity index (χ4v) is 6.73. The van der Waals surface area contributed by atoms with Gasteiger partial charge in [-0.25, -0.2) is 0 Å². The van der Waals surface area contributed by atoms with Crippen LogP contribution in [0.4, 0.5) is 5.13 Å². The number of rotatable bonds is 7. The van der Waals surface area contributed by atoms with Crippen molar-refractivity contribution in [3.8, 4) is 10.9 Å². The van der Waals surface area contributed by atoms with Gasteiger partial charge in [0.2, 0.25) is 0 Å². The van der Waals surface area contributed by atoms with Gasteiger partial charge in [-0.05, 0) is 19.3 Å². The van der Waals surface area contributed by atoms with Gasteiger partial charge in [0.15, 0.2) is 0 Å². The maximum absolute atomic E-state index is 13.3. The zero-order chi connectivity index (χ0) is 24.5. The Bertz CT molecular complexity index is 1200. The number of allylic oxidation sites excluding steroid dienone is 2. The van der Waals surface area contributed by atoms with E-state index in [1.165, 1.54) is 11.3 Å². The minimum absolute atomic E-state index is 0.0987. The summed E-state index contributed by atoms with van der Waals surface area (Å²) in [5.74, 6) is 0.268. The fraction of sp³-hybridized carbons (Fsp3) is 0.417. The van der Waals surface area contributed by atoms with Crippen LogP contribution in [-0.4, -0.2) is 46.7 Å². The van der Waals surface area contributed by atoms with Crippen LogP contribution in [0, 0.1) is 5.41 Å². The molecule has 3 aliphatic carbocycles. The molecule has 1 aliphatic heterocycles. The SMILES string of the molecule is COc1ccc(Cl)cc1C1=C(C(=O)Nc2nnc(OCC34CCC(O)(CC3)CC4)s2)C=N[I-]C=C1. The predicted molar refractivity (Wildman–Crippen MR) is 132 cm³/mol. The van der Waals surface area contributed by atoms with E-state index in [4.69, 9.17) is 21.1 Å². The Kier molecular flexibility index (Phi) is 7.16. The van der Waals surface area contributed by atoms with Crippen molar-refractivity contribution in [2.75, 3.05) is 19.0 Å². The van der Waals surface area contributed by atoms with E-state index in [0.717, 1.165) is 38.5 Å². The summed E-state index contributed by atoms with van der Waals surface area (Å²) in [6.45, 7) is 0.552. The van der Waals surface area contributed by atoms with Crippen molar-refractivity contribution in [1.29, 1.82) is 0 Å².